The van der Waals surface area contributed by atoms with Gasteiger partial charge in [-0.05, 0) is 18.2 Å². The van der Waals surface area contributed by atoms with Gasteiger partial charge < -0.3 is 10.1 Å². The number of rotatable bonds is 0. The molecule has 2 N–H and O–H groups in total. The zero-order chi connectivity index (χ0) is 8.55. The third kappa shape index (κ3) is 1.16. The van der Waals surface area contributed by atoms with E-state index in [9.17, 15) is 0 Å². The fourth-order valence-electron chi connectivity index (χ4n) is 1.02. The van der Waals surface area contributed by atoms with Crippen LogP contribution in [0.25, 0.3) is 11.0 Å². The molecule has 0 aliphatic heterocycles. The third-order valence-corrected chi connectivity index (χ3v) is 1.81. The minimum absolute atomic E-state index is 0.000602. The number of aromatic nitrogens is 2. The van der Waals surface area contributed by atoms with E-state index in [-0.39, 0.29) is 5.88 Å². The molecule has 0 saturated carbocycles. The van der Waals surface area contributed by atoms with Crippen molar-refractivity contribution in [2.24, 2.45) is 0 Å². The highest BCUT2D eigenvalue weighted by molar-refractivity contribution is 7.71. The second kappa shape index (κ2) is 2.57. The van der Waals surface area contributed by atoms with E-state index in [0.717, 1.165) is 5.39 Å². The monoisotopic (exact) mass is 178 g/mol. The van der Waals surface area contributed by atoms with Crippen LogP contribution in [0.2, 0.25) is 0 Å². The topological polar surface area (TPSA) is 48.9 Å². The molecule has 0 saturated heterocycles. The van der Waals surface area contributed by atoms with E-state index >= 15 is 0 Å². The van der Waals surface area contributed by atoms with Gasteiger partial charge in [-0.2, -0.15) is 4.98 Å². The predicted octanol–water partition coefficient (Wildman–Crippen LogP) is 2.00. The van der Waals surface area contributed by atoms with Gasteiger partial charge in [-0.25, -0.2) is 0 Å². The summed E-state index contributed by atoms with van der Waals surface area (Å²) in [5.74, 6) is -0.000602. The molecule has 2 rings (SSSR count). The van der Waals surface area contributed by atoms with Crippen LogP contribution in [0.5, 0.6) is 5.88 Å². The second-order valence-corrected chi connectivity index (χ2v) is 2.87. The van der Waals surface area contributed by atoms with Crippen molar-refractivity contribution in [3.05, 3.63) is 28.9 Å². The molecule has 0 aromatic carbocycles. The van der Waals surface area contributed by atoms with Gasteiger partial charge in [0.2, 0.25) is 5.88 Å². The van der Waals surface area contributed by atoms with Crippen LogP contribution in [-0.4, -0.2) is 15.1 Å². The van der Waals surface area contributed by atoms with Crippen LogP contribution in [0.15, 0.2) is 24.3 Å². The molecule has 60 valence electrons. The van der Waals surface area contributed by atoms with Crippen LogP contribution in [0.4, 0.5) is 0 Å². The lowest BCUT2D eigenvalue weighted by atomic mass is 10.3. The summed E-state index contributed by atoms with van der Waals surface area (Å²) in [5.41, 5.74) is 0.613. The summed E-state index contributed by atoms with van der Waals surface area (Å²) in [6, 6.07) is 6.97. The van der Waals surface area contributed by atoms with Crippen molar-refractivity contribution in [1.29, 1.82) is 0 Å². The van der Waals surface area contributed by atoms with E-state index in [1.165, 1.54) is 0 Å². The number of H-pyrrole nitrogens is 1. The lowest BCUT2D eigenvalue weighted by Gasteiger charge is -1.96. The Kier molecular flexibility index (Phi) is 1.55. The Labute approximate surface area is 73.7 Å². The lowest BCUT2D eigenvalue weighted by Crippen LogP contribution is -1.83. The summed E-state index contributed by atoms with van der Waals surface area (Å²) in [6.07, 6.45) is 0. The molecule has 2 aromatic heterocycles. The molecule has 0 radical (unpaired) electrons. The zero-order valence-electron chi connectivity index (χ0n) is 6.11. The molecule has 0 spiro atoms. The van der Waals surface area contributed by atoms with E-state index in [1.807, 2.05) is 6.07 Å². The van der Waals surface area contributed by atoms with Gasteiger partial charge in [0.25, 0.3) is 0 Å². The van der Waals surface area contributed by atoms with Gasteiger partial charge >= 0.3 is 0 Å². The molecule has 2 heterocycles. The number of fused-ring (bicyclic) bond motifs is 1. The SMILES string of the molecule is Oc1ccc2ccc(=S)[nH]c2n1. The number of hydrogen-bond acceptors (Lipinski definition) is 3. The third-order valence-electron chi connectivity index (χ3n) is 1.57. The Hall–Kier alpha value is -1.42. The number of pyridine rings is 2. The smallest absolute Gasteiger partial charge is 0.212 e. The molecular formula is C8H6N2OS. The molecule has 12 heavy (non-hydrogen) atoms. The molecule has 0 aliphatic rings. The number of hydrogen-bond donors (Lipinski definition) is 2. The summed E-state index contributed by atoms with van der Waals surface area (Å²) >= 11 is 4.91. The lowest BCUT2D eigenvalue weighted by molar-refractivity contribution is 0.455. The summed E-state index contributed by atoms with van der Waals surface area (Å²) in [7, 11) is 0. The van der Waals surface area contributed by atoms with Gasteiger partial charge in [0, 0.05) is 11.5 Å². The number of aromatic hydroxyl groups is 1. The second-order valence-electron chi connectivity index (χ2n) is 2.43. The van der Waals surface area contributed by atoms with Gasteiger partial charge in [0.15, 0.2) is 0 Å². The predicted molar refractivity (Wildman–Crippen MR) is 48.6 cm³/mol. The van der Waals surface area contributed by atoms with Crippen LogP contribution in [-0.2, 0) is 0 Å². The van der Waals surface area contributed by atoms with Crippen LogP contribution in [0, 0.1) is 4.64 Å². The van der Waals surface area contributed by atoms with Crippen molar-refractivity contribution >= 4 is 23.3 Å². The Balaban J connectivity index is 2.89. The average molecular weight is 178 g/mol. The van der Waals surface area contributed by atoms with Gasteiger partial charge in [0.1, 0.15) is 10.3 Å². The first-order valence-electron chi connectivity index (χ1n) is 3.45. The summed E-state index contributed by atoms with van der Waals surface area (Å²) in [6.45, 7) is 0. The first-order chi connectivity index (χ1) is 5.75. The highest BCUT2D eigenvalue weighted by Gasteiger charge is 1.94. The number of nitrogens with zero attached hydrogens (tertiary/aromatic N) is 1. The summed E-state index contributed by atoms with van der Waals surface area (Å²) in [4.78, 5) is 6.74. The number of aromatic amines is 1. The molecule has 3 nitrogen and oxygen atoms in total. The molecule has 2 aromatic rings. The molecule has 0 aliphatic carbocycles. The van der Waals surface area contributed by atoms with E-state index < -0.39 is 0 Å². The van der Waals surface area contributed by atoms with Crippen LogP contribution >= 0.6 is 12.2 Å². The van der Waals surface area contributed by atoms with Crippen LogP contribution in [0.3, 0.4) is 0 Å². The van der Waals surface area contributed by atoms with Crippen molar-refractivity contribution < 1.29 is 5.11 Å². The van der Waals surface area contributed by atoms with Crippen molar-refractivity contribution in [3.63, 3.8) is 0 Å². The number of nitrogens with one attached hydrogen (secondary N) is 1. The van der Waals surface area contributed by atoms with E-state index in [1.54, 1.807) is 18.2 Å². The fraction of sp³-hybridized carbons (Fsp3) is 0. The largest absolute Gasteiger partial charge is 0.493 e. The maximum Gasteiger partial charge on any atom is 0.212 e. The Morgan fingerprint density at radius 3 is 2.83 bits per heavy atom. The Bertz CT molecular complexity index is 478. The highest BCUT2D eigenvalue weighted by Crippen LogP contribution is 2.12. The summed E-state index contributed by atoms with van der Waals surface area (Å²) < 4.78 is 0.612. The molecular weight excluding hydrogens is 172 g/mol. The molecule has 0 unspecified atom stereocenters. The first-order valence-corrected chi connectivity index (χ1v) is 3.85. The van der Waals surface area contributed by atoms with Gasteiger partial charge in [0.05, 0.1) is 0 Å². The van der Waals surface area contributed by atoms with Crippen molar-refractivity contribution in [2.75, 3.05) is 0 Å². The van der Waals surface area contributed by atoms with Gasteiger partial charge in [-0.15, -0.1) is 0 Å². The van der Waals surface area contributed by atoms with E-state index in [0.29, 0.717) is 10.3 Å². The first kappa shape index (κ1) is 7.24. The van der Waals surface area contributed by atoms with Crippen molar-refractivity contribution in [2.45, 2.75) is 0 Å². The molecule has 4 heteroatoms. The Morgan fingerprint density at radius 1 is 1.25 bits per heavy atom. The molecule has 0 bridgehead atoms. The van der Waals surface area contributed by atoms with Crippen LogP contribution in [0.1, 0.15) is 0 Å². The standard InChI is InChI=1S/C8H6N2OS/c11-6-3-1-5-2-4-7(12)10-8(5)9-6/h1-4H,(H2,9,10,11,12). The normalized spacial score (nSPS) is 10.3. The van der Waals surface area contributed by atoms with E-state index in [4.69, 9.17) is 17.3 Å². The molecule has 0 fully saturated rings. The average Bonchev–Trinajstić information content (AvgIpc) is 2.03. The zero-order valence-corrected chi connectivity index (χ0v) is 6.93. The minimum atomic E-state index is -0.000602. The van der Waals surface area contributed by atoms with Crippen molar-refractivity contribution in [1.82, 2.24) is 9.97 Å². The van der Waals surface area contributed by atoms with Gasteiger partial charge in [-0.3, -0.25) is 0 Å². The maximum atomic E-state index is 9.06. The fourth-order valence-corrected chi connectivity index (χ4v) is 1.18. The molecule has 0 atom stereocenters. The van der Waals surface area contributed by atoms with Crippen LogP contribution < -0.4 is 0 Å². The maximum absolute atomic E-state index is 9.06. The minimum Gasteiger partial charge on any atom is -0.493 e. The summed E-state index contributed by atoms with van der Waals surface area (Å²) in [5, 5.41) is 9.99. The van der Waals surface area contributed by atoms with Gasteiger partial charge in [-0.1, -0.05) is 12.2 Å². The Morgan fingerprint density at radius 2 is 2.00 bits per heavy atom. The molecule has 0 amide bonds. The van der Waals surface area contributed by atoms with Crippen molar-refractivity contribution in [3.8, 4) is 5.88 Å². The quantitative estimate of drug-likeness (QED) is 0.606. The van der Waals surface area contributed by atoms with E-state index in [2.05, 4.69) is 9.97 Å². The highest BCUT2D eigenvalue weighted by atomic mass is 32.1.